The zero-order valence-electron chi connectivity index (χ0n) is 20.7. The van der Waals surface area contributed by atoms with Crippen LogP contribution < -0.4 is 14.8 Å². The summed E-state index contributed by atoms with van der Waals surface area (Å²) in [6.07, 6.45) is -1.29. The number of halogens is 3. The minimum absolute atomic E-state index is 0.00361. The van der Waals surface area contributed by atoms with Gasteiger partial charge in [-0.2, -0.15) is 0 Å². The van der Waals surface area contributed by atoms with Gasteiger partial charge in [0, 0.05) is 24.1 Å². The summed E-state index contributed by atoms with van der Waals surface area (Å²) in [5, 5.41) is 3.28. The van der Waals surface area contributed by atoms with Crippen LogP contribution in [0.4, 0.5) is 4.39 Å². The third-order valence-corrected chi connectivity index (χ3v) is 6.27. The predicted molar refractivity (Wildman–Crippen MR) is 143 cm³/mol. The van der Waals surface area contributed by atoms with Gasteiger partial charge in [-0.3, -0.25) is 14.6 Å². The van der Waals surface area contributed by atoms with Gasteiger partial charge in [-0.15, -0.1) is 0 Å². The summed E-state index contributed by atoms with van der Waals surface area (Å²) < 4.78 is 30.4. The highest BCUT2D eigenvalue weighted by molar-refractivity contribution is 6.38. The van der Waals surface area contributed by atoms with Crippen molar-refractivity contribution in [3.63, 3.8) is 0 Å². The second-order valence-corrected chi connectivity index (χ2v) is 9.17. The summed E-state index contributed by atoms with van der Waals surface area (Å²) >= 11 is 12.8. The van der Waals surface area contributed by atoms with Gasteiger partial charge in [0.2, 0.25) is 0 Å². The zero-order chi connectivity index (χ0) is 27.2. The summed E-state index contributed by atoms with van der Waals surface area (Å²) in [5.41, 5.74) is 2.09. The molecule has 3 aromatic carbocycles. The number of carbonyl (C=O) groups is 2. The first-order valence-electron chi connectivity index (χ1n) is 11.9. The number of ketones is 1. The maximum atomic E-state index is 14.1. The van der Waals surface area contributed by atoms with E-state index in [9.17, 15) is 14.0 Å². The lowest BCUT2D eigenvalue weighted by Crippen LogP contribution is -2.40. The molecule has 4 rings (SSSR count). The van der Waals surface area contributed by atoms with Crippen LogP contribution in [0.25, 0.3) is 0 Å². The molecule has 7 nitrogen and oxygen atoms in total. The number of methoxy groups -OCH3 is 1. The lowest BCUT2D eigenvalue weighted by atomic mass is 9.95. The number of nitrogens with zero attached hydrogens (tertiary/aromatic N) is 1. The average molecular weight is 559 g/mol. The zero-order valence-corrected chi connectivity index (χ0v) is 22.2. The standard InChI is InChI=1S/C28H25Cl2FN2O5/c1-3-37-24-14-17(29)13-21(30)25(24)26-19-7-5-4-6-16(19)12-22(34)27(32-26)33-28(35)20-15-18(31)8-9-23(20)38-11-10-36-2/h4-9,13-15,27H,3,10-12H2,1-2H3,(H,33,35)/t27-/m1/s1. The maximum Gasteiger partial charge on any atom is 0.257 e. The van der Waals surface area contributed by atoms with E-state index < -0.39 is 17.9 Å². The number of hydrogen-bond donors (Lipinski definition) is 1. The second kappa shape index (κ2) is 12.4. The van der Waals surface area contributed by atoms with Crippen LogP contribution in [0.15, 0.2) is 59.6 Å². The Balaban J connectivity index is 1.78. The van der Waals surface area contributed by atoms with Crippen LogP contribution in [-0.4, -0.2) is 50.5 Å². The number of nitrogens with one attached hydrogen (secondary N) is 1. The van der Waals surface area contributed by atoms with Gasteiger partial charge in [-0.25, -0.2) is 4.39 Å². The van der Waals surface area contributed by atoms with Crippen molar-refractivity contribution >= 4 is 40.6 Å². The van der Waals surface area contributed by atoms with E-state index in [1.54, 1.807) is 12.1 Å². The van der Waals surface area contributed by atoms with Crippen LogP contribution in [0, 0.1) is 5.82 Å². The molecule has 0 saturated heterocycles. The molecule has 1 heterocycles. The first-order chi connectivity index (χ1) is 18.3. The van der Waals surface area contributed by atoms with Crippen LogP contribution in [0.1, 0.15) is 34.0 Å². The molecular weight excluding hydrogens is 534 g/mol. The van der Waals surface area contributed by atoms with Crippen molar-refractivity contribution in [1.82, 2.24) is 5.32 Å². The van der Waals surface area contributed by atoms with Crippen molar-refractivity contribution in [3.8, 4) is 11.5 Å². The number of benzene rings is 3. The Morgan fingerprint density at radius 3 is 2.63 bits per heavy atom. The Hall–Kier alpha value is -3.46. The summed E-state index contributed by atoms with van der Waals surface area (Å²) in [6.45, 7) is 2.58. The van der Waals surface area contributed by atoms with Crippen LogP contribution >= 0.6 is 23.2 Å². The Kier molecular flexibility index (Phi) is 8.99. The van der Waals surface area contributed by atoms with Gasteiger partial charge >= 0.3 is 0 Å². The summed E-state index contributed by atoms with van der Waals surface area (Å²) in [7, 11) is 1.51. The molecule has 3 aromatic rings. The number of fused-ring (bicyclic) bond motifs is 1. The maximum absolute atomic E-state index is 14.1. The van der Waals surface area contributed by atoms with Crippen molar-refractivity contribution in [2.45, 2.75) is 19.5 Å². The van der Waals surface area contributed by atoms with E-state index in [0.717, 1.165) is 6.07 Å². The molecule has 1 aliphatic heterocycles. The van der Waals surface area contributed by atoms with E-state index in [-0.39, 0.29) is 41.8 Å². The Bertz CT molecular complexity index is 1400. The minimum Gasteiger partial charge on any atom is -0.493 e. The van der Waals surface area contributed by atoms with E-state index in [2.05, 4.69) is 10.3 Å². The van der Waals surface area contributed by atoms with Crippen molar-refractivity contribution in [3.05, 3.63) is 92.7 Å². The second-order valence-electron chi connectivity index (χ2n) is 8.33. The number of amides is 1. The van der Waals surface area contributed by atoms with E-state index >= 15 is 0 Å². The number of Topliss-reactive ketones (excluding diaryl/α,β-unsaturated/α-hetero) is 1. The van der Waals surface area contributed by atoms with Crippen molar-refractivity contribution in [2.75, 3.05) is 26.9 Å². The van der Waals surface area contributed by atoms with Gasteiger partial charge in [0.25, 0.3) is 5.91 Å². The van der Waals surface area contributed by atoms with Crippen molar-refractivity contribution in [1.29, 1.82) is 0 Å². The lowest BCUT2D eigenvalue weighted by Gasteiger charge is -2.18. The SMILES string of the molecule is CCOc1cc(Cl)cc(Cl)c1C1=N[C@H](NC(=O)c2cc(F)ccc2OCCOC)C(=O)Cc2ccccc21. The third kappa shape index (κ3) is 6.15. The highest BCUT2D eigenvalue weighted by Crippen LogP contribution is 2.35. The molecule has 10 heteroatoms. The molecule has 0 bridgehead atoms. The number of ether oxygens (including phenoxy) is 3. The molecule has 1 amide bonds. The van der Waals surface area contributed by atoms with Gasteiger partial charge in [0.1, 0.15) is 23.9 Å². The minimum atomic E-state index is -1.29. The molecule has 0 aliphatic carbocycles. The van der Waals surface area contributed by atoms with Crippen LogP contribution in [0.3, 0.4) is 0 Å². The average Bonchev–Trinajstić information content (AvgIpc) is 3.01. The molecule has 0 spiro atoms. The van der Waals surface area contributed by atoms with Gasteiger partial charge < -0.3 is 19.5 Å². The summed E-state index contributed by atoms with van der Waals surface area (Å²) in [5.74, 6) is -1.18. The lowest BCUT2D eigenvalue weighted by molar-refractivity contribution is -0.120. The fourth-order valence-corrected chi connectivity index (χ4v) is 4.63. The highest BCUT2D eigenvalue weighted by Gasteiger charge is 2.30. The van der Waals surface area contributed by atoms with E-state index in [4.69, 9.17) is 37.4 Å². The molecule has 38 heavy (non-hydrogen) atoms. The van der Waals surface area contributed by atoms with Gasteiger partial charge in [-0.1, -0.05) is 47.5 Å². The first kappa shape index (κ1) is 27.6. The molecule has 1 aliphatic rings. The smallest absolute Gasteiger partial charge is 0.257 e. The molecule has 0 saturated carbocycles. The number of aliphatic imine (C=N–C) groups is 1. The third-order valence-electron chi connectivity index (χ3n) is 5.75. The Labute approximate surface area is 229 Å². The molecule has 0 aromatic heterocycles. The van der Waals surface area contributed by atoms with Crippen molar-refractivity contribution in [2.24, 2.45) is 4.99 Å². The molecular formula is C28H25Cl2FN2O5. The molecule has 1 atom stereocenters. The molecule has 198 valence electrons. The molecule has 1 N–H and O–H groups in total. The molecule has 0 radical (unpaired) electrons. The Morgan fingerprint density at radius 2 is 1.87 bits per heavy atom. The van der Waals surface area contributed by atoms with Crippen LogP contribution in [-0.2, 0) is 16.0 Å². The highest BCUT2D eigenvalue weighted by atomic mass is 35.5. The fraction of sp³-hybridized carbons (Fsp3) is 0.250. The van der Waals surface area contributed by atoms with Crippen molar-refractivity contribution < 1.29 is 28.2 Å². The fourth-order valence-electron chi connectivity index (χ4n) is 4.06. The Morgan fingerprint density at radius 1 is 1.08 bits per heavy atom. The number of hydrogen-bond acceptors (Lipinski definition) is 6. The molecule has 0 unspecified atom stereocenters. The normalized spacial score (nSPS) is 14.8. The molecule has 0 fully saturated rings. The van der Waals surface area contributed by atoms with E-state index in [0.29, 0.717) is 39.8 Å². The monoisotopic (exact) mass is 558 g/mol. The summed E-state index contributed by atoms with van der Waals surface area (Å²) in [4.78, 5) is 31.3. The largest absolute Gasteiger partial charge is 0.493 e. The predicted octanol–water partition coefficient (Wildman–Crippen LogP) is 5.28. The van der Waals surface area contributed by atoms with Crippen LogP contribution in [0.5, 0.6) is 11.5 Å². The summed E-state index contributed by atoms with van der Waals surface area (Å²) in [6, 6.07) is 14.0. The van der Waals surface area contributed by atoms with E-state index in [1.165, 1.54) is 19.2 Å². The van der Waals surface area contributed by atoms with Gasteiger partial charge in [0.05, 0.1) is 35.1 Å². The quantitative estimate of drug-likeness (QED) is 0.361. The van der Waals surface area contributed by atoms with Gasteiger partial charge in [-0.05, 0) is 42.8 Å². The first-order valence-corrected chi connectivity index (χ1v) is 12.6. The van der Waals surface area contributed by atoms with Gasteiger partial charge in [0.15, 0.2) is 11.9 Å². The van der Waals surface area contributed by atoms with E-state index in [1.807, 2.05) is 31.2 Å². The number of carbonyl (C=O) groups excluding carboxylic acids is 2. The topological polar surface area (TPSA) is 86.2 Å². The number of rotatable bonds is 9. The van der Waals surface area contributed by atoms with Crippen LogP contribution in [0.2, 0.25) is 10.0 Å².